The van der Waals surface area contributed by atoms with Gasteiger partial charge in [0.1, 0.15) is 0 Å². The standard InChI is InChI=1S/C14H18N4O/c15-10-4-5-12-11(8-10)13(18-17-12)14(19)16-7-6-9-2-1-3-9/h4-5,8-9H,1-3,6-7,15H2,(H,16,19)(H,17,18). The number of aromatic nitrogens is 2. The van der Waals surface area contributed by atoms with Crippen LogP contribution in [0.15, 0.2) is 18.2 Å². The number of rotatable bonds is 4. The first kappa shape index (κ1) is 12.0. The molecule has 3 rings (SSSR count). The number of H-pyrrole nitrogens is 1. The minimum absolute atomic E-state index is 0.129. The van der Waals surface area contributed by atoms with Crippen LogP contribution in [-0.2, 0) is 0 Å². The van der Waals surface area contributed by atoms with E-state index in [0.717, 1.165) is 29.8 Å². The topological polar surface area (TPSA) is 83.8 Å². The van der Waals surface area contributed by atoms with E-state index >= 15 is 0 Å². The average molecular weight is 258 g/mol. The molecule has 5 nitrogen and oxygen atoms in total. The summed E-state index contributed by atoms with van der Waals surface area (Å²) < 4.78 is 0. The maximum Gasteiger partial charge on any atom is 0.272 e. The van der Waals surface area contributed by atoms with Crippen molar-refractivity contribution >= 4 is 22.5 Å². The number of hydrogen-bond donors (Lipinski definition) is 3. The lowest BCUT2D eigenvalue weighted by Crippen LogP contribution is -2.27. The van der Waals surface area contributed by atoms with Crippen LogP contribution in [0, 0.1) is 5.92 Å². The average Bonchev–Trinajstić information content (AvgIpc) is 2.75. The zero-order chi connectivity index (χ0) is 13.2. The summed E-state index contributed by atoms with van der Waals surface area (Å²) in [7, 11) is 0. The second-order valence-corrected chi connectivity index (χ2v) is 5.22. The van der Waals surface area contributed by atoms with Gasteiger partial charge in [-0.2, -0.15) is 5.10 Å². The molecular formula is C14H18N4O. The number of nitrogen functional groups attached to an aromatic ring is 1. The van der Waals surface area contributed by atoms with Gasteiger partial charge >= 0.3 is 0 Å². The van der Waals surface area contributed by atoms with E-state index in [2.05, 4.69) is 15.5 Å². The molecule has 1 amide bonds. The summed E-state index contributed by atoms with van der Waals surface area (Å²) in [6, 6.07) is 5.40. The van der Waals surface area contributed by atoms with Crippen LogP contribution in [0.2, 0.25) is 0 Å². The van der Waals surface area contributed by atoms with Gasteiger partial charge in [-0.1, -0.05) is 19.3 Å². The molecule has 1 fully saturated rings. The van der Waals surface area contributed by atoms with Gasteiger partial charge in [0.15, 0.2) is 5.69 Å². The van der Waals surface area contributed by atoms with Crippen molar-refractivity contribution in [3.8, 4) is 0 Å². The van der Waals surface area contributed by atoms with Gasteiger partial charge in [-0.15, -0.1) is 0 Å². The summed E-state index contributed by atoms with van der Waals surface area (Å²) in [5, 5.41) is 10.6. The largest absolute Gasteiger partial charge is 0.399 e. The van der Waals surface area contributed by atoms with Crippen molar-refractivity contribution < 1.29 is 4.79 Å². The Morgan fingerprint density at radius 2 is 2.32 bits per heavy atom. The number of nitrogens with one attached hydrogen (secondary N) is 2. The van der Waals surface area contributed by atoms with Crippen molar-refractivity contribution in [3.63, 3.8) is 0 Å². The van der Waals surface area contributed by atoms with E-state index in [1.54, 1.807) is 12.1 Å². The Morgan fingerprint density at radius 3 is 3.05 bits per heavy atom. The van der Waals surface area contributed by atoms with Gasteiger partial charge in [0.2, 0.25) is 0 Å². The van der Waals surface area contributed by atoms with Gasteiger partial charge in [0.05, 0.1) is 5.52 Å². The first-order chi connectivity index (χ1) is 9.24. The van der Waals surface area contributed by atoms with Crippen LogP contribution in [0.3, 0.4) is 0 Å². The number of nitrogens with zero attached hydrogens (tertiary/aromatic N) is 1. The highest BCUT2D eigenvalue weighted by Crippen LogP contribution is 2.28. The van der Waals surface area contributed by atoms with Gasteiger partial charge in [-0.05, 0) is 30.5 Å². The molecule has 1 aliphatic rings. The van der Waals surface area contributed by atoms with E-state index in [4.69, 9.17) is 5.73 Å². The van der Waals surface area contributed by atoms with Gasteiger partial charge in [0, 0.05) is 17.6 Å². The number of hydrogen-bond acceptors (Lipinski definition) is 3. The highest BCUT2D eigenvalue weighted by Gasteiger charge is 2.18. The molecule has 0 bridgehead atoms. The van der Waals surface area contributed by atoms with Crippen LogP contribution in [0.1, 0.15) is 36.2 Å². The molecular weight excluding hydrogens is 240 g/mol. The van der Waals surface area contributed by atoms with E-state index in [1.165, 1.54) is 19.3 Å². The molecule has 0 radical (unpaired) electrons. The molecule has 1 aromatic carbocycles. The molecule has 1 aliphatic carbocycles. The van der Waals surface area contributed by atoms with Gasteiger partial charge < -0.3 is 11.1 Å². The number of benzene rings is 1. The van der Waals surface area contributed by atoms with Crippen LogP contribution < -0.4 is 11.1 Å². The first-order valence-electron chi connectivity index (χ1n) is 6.76. The van der Waals surface area contributed by atoms with Crippen molar-refractivity contribution in [3.05, 3.63) is 23.9 Å². The highest BCUT2D eigenvalue weighted by molar-refractivity contribution is 6.05. The molecule has 5 heteroatoms. The van der Waals surface area contributed by atoms with Gasteiger partial charge in [-0.25, -0.2) is 0 Å². The molecule has 0 aliphatic heterocycles. The summed E-state index contributed by atoms with van der Waals surface area (Å²) in [6.07, 6.45) is 5.01. The summed E-state index contributed by atoms with van der Waals surface area (Å²) in [5.74, 6) is 0.669. The lowest BCUT2D eigenvalue weighted by atomic mass is 9.83. The monoisotopic (exact) mass is 258 g/mol. The number of nitrogens with two attached hydrogens (primary N) is 1. The molecule has 0 spiro atoms. The smallest absolute Gasteiger partial charge is 0.272 e. The molecule has 1 aromatic heterocycles. The van der Waals surface area contributed by atoms with Crippen molar-refractivity contribution in [1.82, 2.24) is 15.5 Å². The maximum absolute atomic E-state index is 12.1. The predicted octanol–water partition coefficient (Wildman–Crippen LogP) is 2.07. The zero-order valence-corrected chi connectivity index (χ0v) is 10.8. The Hall–Kier alpha value is -2.04. The minimum Gasteiger partial charge on any atom is -0.399 e. The van der Waals surface area contributed by atoms with Gasteiger partial charge in [-0.3, -0.25) is 9.89 Å². The zero-order valence-electron chi connectivity index (χ0n) is 10.8. The number of carbonyl (C=O) groups excluding carboxylic acids is 1. The normalized spacial score (nSPS) is 15.4. The first-order valence-corrected chi connectivity index (χ1v) is 6.76. The maximum atomic E-state index is 12.1. The molecule has 1 heterocycles. The SMILES string of the molecule is Nc1ccc2[nH]nc(C(=O)NCCC3CCC3)c2c1. The van der Waals surface area contributed by atoms with E-state index in [1.807, 2.05) is 6.07 Å². The molecule has 0 atom stereocenters. The number of fused-ring (bicyclic) bond motifs is 1. The molecule has 0 saturated heterocycles. The quantitative estimate of drug-likeness (QED) is 0.734. The van der Waals surface area contributed by atoms with E-state index in [0.29, 0.717) is 11.4 Å². The summed E-state index contributed by atoms with van der Waals surface area (Å²) >= 11 is 0. The third kappa shape index (κ3) is 2.41. The summed E-state index contributed by atoms with van der Waals surface area (Å²) in [4.78, 5) is 12.1. The van der Waals surface area contributed by atoms with Crippen LogP contribution in [0.4, 0.5) is 5.69 Å². The summed E-state index contributed by atoms with van der Waals surface area (Å²) in [5.41, 5.74) is 7.64. The van der Waals surface area contributed by atoms with Crippen molar-refractivity contribution in [2.75, 3.05) is 12.3 Å². The Bertz CT molecular complexity index is 601. The minimum atomic E-state index is -0.129. The number of anilines is 1. The van der Waals surface area contributed by atoms with Crippen molar-refractivity contribution in [2.24, 2.45) is 5.92 Å². The third-order valence-corrected chi connectivity index (χ3v) is 3.86. The number of carbonyl (C=O) groups is 1. The third-order valence-electron chi connectivity index (χ3n) is 3.86. The van der Waals surface area contributed by atoms with Crippen LogP contribution >= 0.6 is 0 Å². The Labute approximate surface area is 111 Å². The number of amides is 1. The molecule has 1 saturated carbocycles. The molecule has 100 valence electrons. The Balaban J connectivity index is 1.68. The second kappa shape index (κ2) is 4.91. The van der Waals surface area contributed by atoms with Crippen LogP contribution in [-0.4, -0.2) is 22.6 Å². The molecule has 19 heavy (non-hydrogen) atoms. The fraction of sp³-hybridized carbons (Fsp3) is 0.429. The van der Waals surface area contributed by atoms with E-state index < -0.39 is 0 Å². The lowest BCUT2D eigenvalue weighted by Gasteiger charge is -2.24. The summed E-state index contributed by atoms with van der Waals surface area (Å²) in [6.45, 7) is 0.722. The van der Waals surface area contributed by atoms with Crippen LogP contribution in [0.5, 0.6) is 0 Å². The number of aromatic amines is 1. The lowest BCUT2D eigenvalue weighted by molar-refractivity contribution is 0.0945. The Kier molecular flexibility index (Phi) is 3.11. The van der Waals surface area contributed by atoms with Crippen molar-refractivity contribution in [2.45, 2.75) is 25.7 Å². The molecule has 2 aromatic rings. The second-order valence-electron chi connectivity index (χ2n) is 5.22. The van der Waals surface area contributed by atoms with Gasteiger partial charge in [0.25, 0.3) is 5.91 Å². The highest BCUT2D eigenvalue weighted by atomic mass is 16.1. The fourth-order valence-electron chi connectivity index (χ4n) is 2.46. The Morgan fingerprint density at radius 1 is 1.47 bits per heavy atom. The predicted molar refractivity (Wildman–Crippen MR) is 74.8 cm³/mol. The molecule has 4 N–H and O–H groups in total. The van der Waals surface area contributed by atoms with Crippen LogP contribution in [0.25, 0.3) is 10.9 Å². The molecule has 0 unspecified atom stereocenters. The van der Waals surface area contributed by atoms with E-state index in [-0.39, 0.29) is 5.91 Å². The fourth-order valence-corrected chi connectivity index (χ4v) is 2.46. The van der Waals surface area contributed by atoms with Crippen molar-refractivity contribution in [1.29, 1.82) is 0 Å². The van der Waals surface area contributed by atoms with E-state index in [9.17, 15) is 4.79 Å².